The van der Waals surface area contributed by atoms with E-state index in [1.54, 1.807) is 24.4 Å². The maximum absolute atomic E-state index is 12.6. The number of hydrogen-bond acceptors (Lipinski definition) is 7. The number of sulfone groups is 1. The molecule has 170 valence electrons. The maximum Gasteiger partial charge on any atom is 0.259 e. The van der Waals surface area contributed by atoms with Gasteiger partial charge in [0.2, 0.25) is 5.89 Å². The smallest absolute Gasteiger partial charge is 0.259 e. The van der Waals surface area contributed by atoms with E-state index >= 15 is 0 Å². The number of pyridine rings is 1. The van der Waals surface area contributed by atoms with Crippen molar-refractivity contribution in [2.45, 2.75) is 62.4 Å². The van der Waals surface area contributed by atoms with Crippen LogP contribution in [0.5, 0.6) is 5.75 Å². The van der Waals surface area contributed by atoms with E-state index in [9.17, 15) is 13.2 Å². The first-order chi connectivity index (χ1) is 15.2. The molecule has 32 heavy (non-hydrogen) atoms. The second-order valence-electron chi connectivity index (χ2n) is 8.58. The average molecular weight is 458 g/mol. The topological polar surface area (TPSA) is 115 Å². The Morgan fingerprint density at radius 3 is 2.38 bits per heavy atom. The predicted molar refractivity (Wildman–Crippen MR) is 120 cm³/mol. The van der Waals surface area contributed by atoms with E-state index < -0.39 is 9.84 Å². The second kappa shape index (κ2) is 8.90. The predicted octanol–water partition coefficient (Wildman–Crippen LogP) is 4.06. The van der Waals surface area contributed by atoms with Gasteiger partial charge in [0, 0.05) is 24.3 Å². The minimum Gasteiger partial charge on any atom is -0.490 e. The zero-order valence-corrected chi connectivity index (χ0v) is 19.2. The molecule has 3 aromatic rings. The zero-order chi connectivity index (χ0) is 22.9. The van der Waals surface area contributed by atoms with Crippen LogP contribution < -0.4 is 10.3 Å². The summed E-state index contributed by atoms with van der Waals surface area (Å²) in [6.07, 6.45) is 6.03. The zero-order valence-electron chi connectivity index (χ0n) is 18.4. The summed E-state index contributed by atoms with van der Waals surface area (Å²) < 4.78 is 35.2. The Bertz CT molecular complexity index is 1240. The molecule has 8 nitrogen and oxygen atoms in total. The molecule has 1 N–H and O–H groups in total. The summed E-state index contributed by atoms with van der Waals surface area (Å²) in [5, 5.41) is 4.06. The van der Waals surface area contributed by atoms with Crippen molar-refractivity contribution in [2.75, 3.05) is 6.26 Å². The molecule has 0 amide bonds. The van der Waals surface area contributed by atoms with Crippen molar-refractivity contribution in [3.8, 4) is 16.9 Å². The van der Waals surface area contributed by atoms with Crippen LogP contribution in [-0.2, 0) is 9.84 Å². The number of ether oxygens (including phenoxy) is 1. The highest BCUT2D eigenvalue weighted by Gasteiger charge is 2.28. The number of nitrogens with zero attached hydrogens (tertiary/aromatic N) is 2. The van der Waals surface area contributed by atoms with Crippen molar-refractivity contribution in [1.29, 1.82) is 0 Å². The molecule has 1 aliphatic rings. The summed E-state index contributed by atoms with van der Waals surface area (Å²) in [5.41, 5.74) is 0.721. The Balaban J connectivity index is 1.49. The molecule has 0 saturated heterocycles. The van der Waals surface area contributed by atoms with E-state index in [2.05, 4.69) is 15.1 Å². The third kappa shape index (κ3) is 4.77. The van der Waals surface area contributed by atoms with Crippen LogP contribution in [-0.4, -0.2) is 35.9 Å². The van der Waals surface area contributed by atoms with Gasteiger partial charge in [-0.1, -0.05) is 31.1 Å². The molecule has 0 aliphatic heterocycles. The summed E-state index contributed by atoms with van der Waals surface area (Å²) >= 11 is 0. The molecular formula is C23H27N3O5S. The van der Waals surface area contributed by atoms with Gasteiger partial charge >= 0.3 is 0 Å². The van der Waals surface area contributed by atoms with Crippen molar-refractivity contribution in [3.05, 3.63) is 58.6 Å². The highest BCUT2D eigenvalue weighted by atomic mass is 32.2. The molecule has 0 bridgehead atoms. The molecule has 4 rings (SSSR count). The lowest BCUT2D eigenvalue weighted by Crippen LogP contribution is -2.24. The number of aromatic nitrogens is 3. The van der Waals surface area contributed by atoms with E-state index in [0.29, 0.717) is 22.8 Å². The van der Waals surface area contributed by atoms with Crippen LogP contribution in [0.25, 0.3) is 11.1 Å². The van der Waals surface area contributed by atoms with Gasteiger partial charge in [0.1, 0.15) is 5.75 Å². The summed E-state index contributed by atoms with van der Waals surface area (Å²) in [6, 6.07) is 8.00. The lowest BCUT2D eigenvalue weighted by atomic mass is 9.87. The number of benzene rings is 1. The fraction of sp³-hybridized carbons (Fsp3) is 0.435. The Morgan fingerprint density at radius 2 is 1.78 bits per heavy atom. The van der Waals surface area contributed by atoms with Gasteiger partial charge in [0.25, 0.3) is 5.56 Å². The number of rotatable bonds is 6. The molecule has 0 spiro atoms. The van der Waals surface area contributed by atoms with Crippen molar-refractivity contribution >= 4 is 9.84 Å². The minimum absolute atomic E-state index is 0.0328. The molecule has 1 aliphatic carbocycles. The number of hydrogen-bond donors (Lipinski definition) is 1. The quantitative estimate of drug-likeness (QED) is 0.593. The van der Waals surface area contributed by atoms with Crippen molar-refractivity contribution in [1.82, 2.24) is 15.1 Å². The first-order valence-electron chi connectivity index (χ1n) is 10.7. The molecule has 1 fully saturated rings. The molecule has 2 aromatic heterocycles. The van der Waals surface area contributed by atoms with Gasteiger partial charge in [-0.25, -0.2) is 8.42 Å². The molecular weight excluding hydrogens is 430 g/mol. The van der Waals surface area contributed by atoms with Crippen LogP contribution in [0.1, 0.15) is 63.1 Å². The Kier molecular flexibility index (Phi) is 6.19. The maximum atomic E-state index is 12.6. The van der Waals surface area contributed by atoms with Gasteiger partial charge in [-0.15, -0.1) is 0 Å². The lowest BCUT2D eigenvalue weighted by molar-refractivity contribution is 0.139. The van der Waals surface area contributed by atoms with Gasteiger partial charge in [-0.2, -0.15) is 4.98 Å². The Hall–Kier alpha value is -2.94. The summed E-state index contributed by atoms with van der Waals surface area (Å²) in [5.74, 6) is 2.36. The highest BCUT2D eigenvalue weighted by molar-refractivity contribution is 7.90. The fourth-order valence-electron chi connectivity index (χ4n) is 3.96. The third-order valence-electron chi connectivity index (χ3n) is 5.78. The molecule has 2 heterocycles. The van der Waals surface area contributed by atoms with Gasteiger partial charge in [0.05, 0.1) is 16.6 Å². The van der Waals surface area contributed by atoms with Crippen LogP contribution in [0.15, 0.2) is 50.7 Å². The first-order valence-corrected chi connectivity index (χ1v) is 12.6. The van der Waals surface area contributed by atoms with Crippen molar-refractivity contribution < 1.29 is 17.7 Å². The molecule has 9 heteroatoms. The number of nitrogens with one attached hydrogen (secondary N) is 1. The van der Waals surface area contributed by atoms with E-state index in [1.165, 1.54) is 12.1 Å². The third-order valence-corrected chi connectivity index (χ3v) is 6.91. The number of H-pyrrole nitrogens is 1. The first kappa shape index (κ1) is 22.3. The SMILES string of the molecule is CC(C)c1noc([C@H]2CC[C@@H](Oc3cc[nH]c(=O)c3-c3ccc(S(C)(=O)=O)cc3)CC2)n1. The van der Waals surface area contributed by atoms with Crippen molar-refractivity contribution in [3.63, 3.8) is 0 Å². The summed E-state index contributed by atoms with van der Waals surface area (Å²) in [4.78, 5) is 20.0. The van der Waals surface area contributed by atoms with Crippen LogP contribution in [0.2, 0.25) is 0 Å². The van der Waals surface area contributed by atoms with E-state index in [0.717, 1.165) is 37.8 Å². The Morgan fingerprint density at radius 1 is 1.09 bits per heavy atom. The normalized spacial score (nSPS) is 19.2. The Labute approximate surface area is 186 Å². The largest absolute Gasteiger partial charge is 0.490 e. The van der Waals surface area contributed by atoms with Gasteiger partial charge in [-0.05, 0) is 49.4 Å². The summed E-state index contributed by atoms with van der Waals surface area (Å²) in [7, 11) is -3.31. The number of aromatic amines is 1. The fourth-order valence-corrected chi connectivity index (χ4v) is 4.59. The van der Waals surface area contributed by atoms with Crippen LogP contribution >= 0.6 is 0 Å². The molecule has 0 unspecified atom stereocenters. The van der Waals surface area contributed by atoms with Crippen LogP contribution in [0, 0.1) is 0 Å². The minimum atomic E-state index is -3.31. The molecule has 1 saturated carbocycles. The summed E-state index contributed by atoms with van der Waals surface area (Å²) in [6.45, 7) is 4.07. The van der Waals surface area contributed by atoms with E-state index in [-0.39, 0.29) is 28.4 Å². The molecule has 0 radical (unpaired) electrons. The van der Waals surface area contributed by atoms with Crippen LogP contribution in [0.3, 0.4) is 0 Å². The van der Waals surface area contributed by atoms with Crippen molar-refractivity contribution in [2.24, 2.45) is 0 Å². The van der Waals surface area contributed by atoms with Gasteiger partial charge in [0.15, 0.2) is 15.7 Å². The van der Waals surface area contributed by atoms with E-state index in [1.807, 2.05) is 13.8 Å². The molecule has 1 aromatic carbocycles. The standard InChI is InChI=1S/C23H27N3O5S/c1-14(2)21-25-23(31-26-21)16-4-8-17(9-5-16)30-19-12-13-24-22(27)20(19)15-6-10-18(11-7-15)32(3,28)29/h6-7,10-14,16-17H,4-5,8-9H2,1-3H3,(H,24,27)/t16-,17+. The van der Waals surface area contributed by atoms with Crippen LogP contribution in [0.4, 0.5) is 0 Å². The second-order valence-corrected chi connectivity index (χ2v) is 10.6. The molecule has 0 atom stereocenters. The lowest BCUT2D eigenvalue weighted by Gasteiger charge is -2.27. The van der Waals surface area contributed by atoms with E-state index in [4.69, 9.17) is 9.26 Å². The van der Waals surface area contributed by atoms with Gasteiger partial charge in [-0.3, -0.25) is 4.79 Å². The average Bonchev–Trinajstić information content (AvgIpc) is 3.25. The van der Waals surface area contributed by atoms with Gasteiger partial charge < -0.3 is 14.2 Å². The highest BCUT2D eigenvalue weighted by Crippen LogP contribution is 2.36. The monoisotopic (exact) mass is 457 g/mol.